The Balaban J connectivity index is 0.00000192. The lowest BCUT2D eigenvalue weighted by Crippen LogP contribution is -2.22. The third-order valence-corrected chi connectivity index (χ3v) is 3.89. The molecule has 3 rings (SSSR count). The number of hydrogen-bond donors (Lipinski definition) is 2. The molecule has 0 aliphatic carbocycles. The summed E-state index contributed by atoms with van der Waals surface area (Å²) < 4.78 is 0. The Labute approximate surface area is 156 Å². The van der Waals surface area contributed by atoms with E-state index in [2.05, 4.69) is 15.3 Å². The molecule has 3 N–H and O–H groups in total. The van der Waals surface area contributed by atoms with E-state index in [0.717, 1.165) is 22.0 Å². The van der Waals surface area contributed by atoms with Crippen molar-refractivity contribution in [3.05, 3.63) is 71.1 Å². The van der Waals surface area contributed by atoms with Crippen LogP contribution in [0.1, 0.15) is 5.01 Å². The van der Waals surface area contributed by atoms with Crippen LogP contribution in [0.25, 0.3) is 11.3 Å². The normalized spacial score (nSPS) is 10.9. The van der Waals surface area contributed by atoms with Gasteiger partial charge in [-0.1, -0.05) is 48.5 Å². The van der Waals surface area contributed by atoms with Crippen LogP contribution in [-0.4, -0.2) is 10.9 Å². The zero-order chi connectivity index (χ0) is 15.2. The fourth-order valence-corrected chi connectivity index (χ4v) is 2.71. The van der Waals surface area contributed by atoms with Crippen LogP contribution in [0.5, 0.6) is 0 Å². The number of guanidine groups is 1. The van der Waals surface area contributed by atoms with Gasteiger partial charge in [0.15, 0.2) is 5.96 Å². The van der Waals surface area contributed by atoms with Gasteiger partial charge in [-0.15, -0.1) is 35.3 Å². The minimum Gasteiger partial charge on any atom is -0.370 e. The molecular weight excluding hydrogens is 419 g/mol. The van der Waals surface area contributed by atoms with E-state index in [-0.39, 0.29) is 24.0 Å². The van der Waals surface area contributed by atoms with Gasteiger partial charge in [0.1, 0.15) is 5.01 Å². The summed E-state index contributed by atoms with van der Waals surface area (Å²) >= 11 is 1.59. The number of hydrogen-bond acceptors (Lipinski definition) is 3. The van der Waals surface area contributed by atoms with Crippen molar-refractivity contribution in [2.45, 2.75) is 6.54 Å². The number of nitrogens with zero attached hydrogens (tertiary/aromatic N) is 2. The van der Waals surface area contributed by atoms with Crippen LogP contribution < -0.4 is 11.1 Å². The van der Waals surface area contributed by atoms with E-state index >= 15 is 0 Å². The Kier molecular flexibility index (Phi) is 6.54. The second kappa shape index (κ2) is 8.64. The van der Waals surface area contributed by atoms with E-state index in [4.69, 9.17) is 5.73 Å². The number of anilines is 1. The molecule has 0 fully saturated rings. The van der Waals surface area contributed by atoms with E-state index in [0.29, 0.717) is 12.5 Å². The standard InChI is InChI=1S/C17H16N4S.HI/c18-17(20-14-9-5-2-6-10-14)19-11-16-21-15(12-22-16)13-7-3-1-4-8-13;/h1-10,12H,11H2,(H3,18,19,20);1H. The predicted molar refractivity (Wildman–Crippen MR) is 108 cm³/mol. The van der Waals surface area contributed by atoms with Crippen LogP contribution in [0.3, 0.4) is 0 Å². The minimum atomic E-state index is 0. The highest BCUT2D eigenvalue weighted by Gasteiger charge is 2.03. The SMILES string of the molecule is I.NC(=NCc1nc(-c2ccccc2)cs1)Nc1ccccc1. The van der Waals surface area contributed by atoms with Crippen LogP contribution in [0.2, 0.25) is 0 Å². The van der Waals surface area contributed by atoms with Crippen LogP contribution in [0, 0.1) is 0 Å². The van der Waals surface area contributed by atoms with E-state index in [1.54, 1.807) is 11.3 Å². The smallest absolute Gasteiger partial charge is 0.193 e. The first-order chi connectivity index (χ1) is 10.8. The average molecular weight is 436 g/mol. The molecule has 4 nitrogen and oxygen atoms in total. The molecule has 0 atom stereocenters. The number of rotatable bonds is 4. The molecule has 0 unspecified atom stereocenters. The number of halogens is 1. The van der Waals surface area contributed by atoms with Gasteiger partial charge in [0.2, 0.25) is 0 Å². The summed E-state index contributed by atoms with van der Waals surface area (Å²) in [5, 5.41) is 6.04. The van der Waals surface area contributed by atoms with Gasteiger partial charge in [-0.25, -0.2) is 9.98 Å². The largest absolute Gasteiger partial charge is 0.370 e. The average Bonchev–Trinajstić information content (AvgIpc) is 3.04. The van der Waals surface area contributed by atoms with Crippen molar-refractivity contribution in [3.8, 4) is 11.3 Å². The Morgan fingerprint density at radius 1 is 1.04 bits per heavy atom. The predicted octanol–water partition coefficient (Wildman–Crippen LogP) is 4.35. The molecule has 0 saturated carbocycles. The molecule has 1 aromatic heterocycles. The molecule has 0 radical (unpaired) electrons. The zero-order valence-corrected chi connectivity index (χ0v) is 15.5. The lowest BCUT2D eigenvalue weighted by Gasteiger charge is -2.04. The van der Waals surface area contributed by atoms with Gasteiger partial charge in [0, 0.05) is 16.6 Å². The van der Waals surface area contributed by atoms with Crippen molar-refractivity contribution < 1.29 is 0 Å². The van der Waals surface area contributed by atoms with Crippen molar-refractivity contribution in [2.24, 2.45) is 10.7 Å². The van der Waals surface area contributed by atoms with Crippen molar-refractivity contribution >= 4 is 47.0 Å². The van der Waals surface area contributed by atoms with Crippen LogP contribution in [0.4, 0.5) is 5.69 Å². The monoisotopic (exact) mass is 436 g/mol. The zero-order valence-electron chi connectivity index (χ0n) is 12.3. The Hall–Kier alpha value is -1.93. The summed E-state index contributed by atoms with van der Waals surface area (Å²) in [7, 11) is 0. The fourth-order valence-electron chi connectivity index (χ4n) is 1.99. The van der Waals surface area contributed by atoms with Gasteiger partial charge in [-0.05, 0) is 12.1 Å². The first-order valence-corrected chi connectivity index (χ1v) is 7.81. The molecule has 23 heavy (non-hydrogen) atoms. The third-order valence-electron chi connectivity index (χ3n) is 3.05. The topological polar surface area (TPSA) is 63.3 Å². The van der Waals surface area contributed by atoms with E-state index in [9.17, 15) is 0 Å². The summed E-state index contributed by atoms with van der Waals surface area (Å²) in [5.74, 6) is 0.391. The fraction of sp³-hybridized carbons (Fsp3) is 0.0588. The highest BCUT2D eigenvalue weighted by atomic mass is 127. The number of benzene rings is 2. The van der Waals surface area contributed by atoms with Crippen LogP contribution >= 0.6 is 35.3 Å². The molecule has 0 bridgehead atoms. The molecular formula is C17H17IN4S. The molecule has 0 saturated heterocycles. The maximum absolute atomic E-state index is 5.89. The summed E-state index contributed by atoms with van der Waals surface area (Å²) in [6, 6.07) is 19.9. The molecule has 6 heteroatoms. The second-order valence-electron chi connectivity index (χ2n) is 4.69. The minimum absolute atomic E-state index is 0. The first kappa shape index (κ1) is 17.4. The molecule has 1 heterocycles. The maximum atomic E-state index is 5.89. The van der Waals surface area contributed by atoms with Crippen molar-refractivity contribution in [1.29, 1.82) is 0 Å². The highest BCUT2D eigenvalue weighted by Crippen LogP contribution is 2.21. The molecule has 0 aliphatic rings. The van der Waals surface area contributed by atoms with Crippen LogP contribution in [0.15, 0.2) is 71.0 Å². The van der Waals surface area contributed by atoms with E-state index < -0.39 is 0 Å². The van der Waals surface area contributed by atoms with Gasteiger partial charge in [0.25, 0.3) is 0 Å². The highest BCUT2D eigenvalue weighted by molar-refractivity contribution is 14.0. The first-order valence-electron chi connectivity index (χ1n) is 6.93. The van der Waals surface area contributed by atoms with Gasteiger partial charge < -0.3 is 11.1 Å². The lowest BCUT2D eigenvalue weighted by molar-refractivity contribution is 1.03. The third kappa shape index (κ3) is 5.04. The Morgan fingerprint density at radius 3 is 2.39 bits per heavy atom. The molecule has 0 aliphatic heterocycles. The number of aromatic nitrogens is 1. The van der Waals surface area contributed by atoms with Gasteiger partial charge in [0.05, 0.1) is 12.2 Å². The van der Waals surface area contributed by atoms with Crippen molar-refractivity contribution in [3.63, 3.8) is 0 Å². The Morgan fingerprint density at radius 2 is 1.70 bits per heavy atom. The summed E-state index contributed by atoms with van der Waals surface area (Å²) in [4.78, 5) is 8.92. The van der Waals surface area contributed by atoms with Gasteiger partial charge in [-0.3, -0.25) is 0 Å². The van der Waals surface area contributed by atoms with E-state index in [1.165, 1.54) is 0 Å². The number of nitrogens with one attached hydrogen (secondary N) is 1. The van der Waals surface area contributed by atoms with Crippen molar-refractivity contribution in [1.82, 2.24) is 4.98 Å². The van der Waals surface area contributed by atoms with Gasteiger partial charge >= 0.3 is 0 Å². The van der Waals surface area contributed by atoms with E-state index in [1.807, 2.05) is 66.0 Å². The molecule has 2 aromatic carbocycles. The molecule has 3 aromatic rings. The van der Waals surface area contributed by atoms with Gasteiger partial charge in [-0.2, -0.15) is 0 Å². The second-order valence-corrected chi connectivity index (χ2v) is 5.63. The quantitative estimate of drug-likeness (QED) is 0.363. The number of nitrogens with two attached hydrogens (primary N) is 1. The summed E-state index contributed by atoms with van der Waals surface area (Å²) in [5.41, 5.74) is 8.90. The summed E-state index contributed by atoms with van der Waals surface area (Å²) in [6.45, 7) is 0.475. The molecule has 0 amide bonds. The Bertz CT molecular complexity index is 757. The van der Waals surface area contributed by atoms with Crippen molar-refractivity contribution in [2.75, 3.05) is 5.32 Å². The molecule has 118 valence electrons. The maximum Gasteiger partial charge on any atom is 0.193 e. The number of aliphatic imine (C=N–C) groups is 1. The number of thiazole rings is 1. The number of para-hydroxylation sites is 1. The summed E-state index contributed by atoms with van der Waals surface area (Å²) in [6.07, 6.45) is 0. The lowest BCUT2D eigenvalue weighted by atomic mass is 10.2. The molecule has 0 spiro atoms. The van der Waals surface area contributed by atoms with Crippen LogP contribution in [-0.2, 0) is 6.54 Å².